The second kappa shape index (κ2) is 4.94. The molecule has 5 nitrogen and oxygen atoms in total. The summed E-state index contributed by atoms with van der Waals surface area (Å²) in [4.78, 5) is 37.1. The van der Waals surface area contributed by atoms with Gasteiger partial charge in [-0.1, -0.05) is 0 Å². The monoisotopic (exact) mass is 292 g/mol. The third kappa shape index (κ3) is 2.31. The Bertz CT molecular complexity index is 598. The number of thioether (sulfide) groups is 1. The summed E-state index contributed by atoms with van der Waals surface area (Å²) >= 11 is 1.38. The fraction of sp³-hybridized carbons (Fsp3) is 0.357. The molecule has 0 aliphatic carbocycles. The average Bonchev–Trinajstić information content (AvgIpc) is 2.38. The molecule has 106 valence electrons. The minimum absolute atomic E-state index is 0.167. The molecule has 1 unspecified atom stereocenters. The molecule has 2 N–H and O–H groups in total. The van der Waals surface area contributed by atoms with E-state index in [1.807, 2.05) is 0 Å². The molecule has 6 heteroatoms. The molecule has 20 heavy (non-hydrogen) atoms. The van der Waals surface area contributed by atoms with E-state index in [2.05, 4.69) is 0 Å². The zero-order chi connectivity index (χ0) is 15.1. The van der Waals surface area contributed by atoms with Gasteiger partial charge in [-0.15, -0.1) is 11.8 Å². The Morgan fingerprint density at radius 2 is 2.10 bits per heavy atom. The number of benzene rings is 1. The molecule has 0 fully saturated rings. The molecule has 0 aromatic heterocycles. The van der Waals surface area contributed by atoms with Crippen molar-refractivity contribution in [2.24, 2.45) is 5.73 Å². The molecule has 1 aromatic rings. The van der Waals surface area contributed by atoms with Gasteiger partial charge in [0.2, 0.25) is 11.8 Å². The van der Waals surface area contributed by atoms with E-state index >= 15 is 0 Å². The molecule has 1 aliphatic rings. The predicted molar refractivity (Wildman–Crippen MR) is 77.9 cm³/mol. The number of aldehydes is 1. The van der Waals surface area contributed by atoms with Gasteiger partial charge in [0, 0.05) is 10.5 Å². The summed E-state index contributed by atoms with van der Waals surface area (Å²) in [6.45, 7) is 5.18. The minimum atomic E-state index is -0.733. The van der Waals surface area contributed by atoms with Crippen molar-refractivity contribution in [2.75, 3.05) is 4.90 Å². The molecule has 2 rings (SSSR count). The lowest BCUT2D eigenvalue weighted by atomic mass is 10.1. The standard InChI is InChI=1S/C14H16N2O3S/c1-8(12(15)18)16-10-5-4-9(7-17)6-11(10)20-14(2,3)13(16)19/h4-8H,1-3H3,(H2,15,18). The summed E-state index contributed by atoms with van der Waals surface area (Å²) in [7, 11) is 0. The normalized spacial score (nSPS) is 18.4. The lowest BCUT2D eigenvalue weighted by Crippen LogP contribution is -2.54. The molecule has 2 amide bonds. The quantitative estimate of drug-likeness (QED) is 0.858. The molecule has 0 saturated heterocycles. The highest BCUT2D eigenvalue weighted by Gasteiger charge is 2.42. The van der Waals surface area contributed by atoms with Gasteiger partial charge in [0.1, 0.15) is 12.3 Å². The van der Waals surface area contributed by atoms with E-state index in [-0.39, 0.29) is 5.91 Å². The van der Waals surface area contributed by atoms with E-state index in [1.54, 1.807) is 39.0 Å². The SMILES string of the molecule is CC(C(N)=O)N1C(=O)C(C)(C)Sc2cc(C=O)ccc21. The van der Waals surface area contributed by atoms with Gasteiger partial charge in [0.15, 0.2) is 0 Å². The highest BCUT2D eigenvalue weighted by Crippen LogP contribution is 2.46. The third-order valence-electron chi connectivity index (χ3n) is 3.28. The number of rotatable bonds is 3. The Morgan fingerprint density at radius 3 is 2.65 bits per heavy atom. The zero-order valence-electron chi connectivity index (χ0n) is 11.5. The van der Waals surface area contributed by atoms with Crippen molar-refractivity contribution in [3.63, 3.8) is 0 Å². The van der Waals surface area contributed by atoms with Crippen LogP contribution >= 0.6 is 11.8 Å². The predicted octanol–water partition coefficient (Wildman–Crippen LogP) is 1.59. The zero-order valence-corrected chi connectivity index (χ0v) is 12.4. The molecule has 1 heterocycles. The molecular formula is C14H16N2O3S. The van der Waals surface area contributed by atoms with Crippen LogP contribution in [0.25, 0.3) is 0 Å². The first-order valence-electron chi connectivity index (χ1n) is 6.19. The summed E-state index contributed by atoms with van der Waals surface area (Å²) in [6.07, 6.45) is 0.756. The smallest absolute Gasteiger partial charge is 0.243 e. The number of amides is 2. The van der Waals surface area contributed by atoms with Crippen molar-refractivity contribution >= 4 is 35.5 Å². The molecule has 0 bridgehead atoms. The first-order chi connectivity index (χ1) is 9.27. The summed E-state index contributed by atoms with van der Waals surface area (Å²) < 4.78 is -0.710. The van der Waals surface area contributed by atoms with Gasteiger partial charge in [0.25, 0.3) is 0 Å². The van der Waals surface area contributed by atoms with E-state index < -0.39 is 16.7 Å². The number of hydrogen-bond acceptors (Lipinski definition) is 4. The van der Waals surface area contributed by atoms with Crippen molar-refractivity contribution < 1.29 is 14.4 Å². The van der Waals surface area contributed by atoms with Crippen molar-refractivity contribution in [3.05, 3.63) is 23.8 Å². The maximum atomic E-state index is 12.5. The lowest BCUT2D eigenvalue weighted by Gasteiger charge is -2.40. The Kier molecular flexibility index (Phi) is 3.60. The average molecular weight is 292 g/mol. The van der Waals surface area contributed by atoms with Crippen LogP contribution in [0, 0.1) is 0 Å². The number of nitrogens with two attached hydrogens (primary N) is 1. The van der Waals surface area contributed by atoms with E-state index in [1.165, 1.54) is 16.7 Å². The number of nitrogens with zero attached hydrogens (tertiary/aromatic N) is 1. The second-order valence-corrected chi connectivity index (χ2v) is 6.88. The molecule has 1 atom stereocenters. The second-order valence-electron chi connectivity index (χ2n) is 5.21. The van der Waals surface area contributed by atoms with Gasteiger partial charge < -0.3 is 5.73 Å². The maximum absolute atomic E-state index is 12.5. The Hall–Kier alpha value is -1.82. The van der Waals surface area contributed by atoms with Crippen LogP contribution in [0.4, 0.5) is 5.69 Å². The summed E-state index contributed by atoms with van der Waals surface area (Å²) in [5.41, 5.74) is 6.49. The number of fused-ring (bicyclic) bond motifs is 1. The van der Waals surface area contributed by atoms with Crippen molar-refractivity contribution in [2.45, 2.75) is 36.5 Å². The first kappa shape index (κ1) is 14.6. The van der Waals surface area contributed by atoms with Gasteiger partial charge in [-0.2, -0.15) is 0 Å². The summed E-state index contributed by atoms with van der Waals surface area (Å²) in [5, 5.41) is 0. The molecular weight excluding hydrogens is 276 g/mol. The number of primary amides is 1. The van der Waals surface area contributed by atoms with Crippen LogP contribution in [0.5, 0.6) is 0 Å². The molecule has 0 radical (unpaired) electrons. The number of hydrogen-bond donors (Lipinski definition) is 1. The van der Waals surface area contributed by atoms with Crippen LogP contribution in [0.3, 0.4) is 0 Å². The maximum Gasteiger partial charge on any atom is 0.243 e. The van der Waals surface area contributed by atoms with E-state index in [4.69, 9.17) is 5.73 Å². The van der Waals surface area contributed by atoms with Crippen molar-refractivity contribution in [1.82, 2.24) is 0 Å². The van der Waals surface area contributed by atoms with E-state index in [0.29, 0.717) is 11.3 Å². The highest BCUT2D eigenvalue weighted by atomic mass is 32.2. The van der Waals surface area contributed by atoms with Gasteiger partial charge in [-0.3, -0.25) is 19.3 Å². The summed E-state index contributed by atoms with van der Waals surface area (Å²) in [5.74, 6) is -0.730. The lowest BCUT2D eigenvalue weighted by molar-refractivity contribution is -0.125. The minimum Gasteiger partial charge on any atom is -0.368 e. The largest absolute Gasteiger partial charge is 0.368 e. The van der Waals surface area contributed by atoms with Gasteiger partial charge in [-0.05, 0) is 39.0 Å². The topological polar surface area (TPSA) is 80.5 Å². The van der Waals surface area contributed by atoms with Gasteiger partial charge in [-0.25, -0.2) is 0 Å². The fourth-order valence-electron chi connectivity index (χ4n) is 2.11. The van der Waals surface area contributed by atoms with Crippen molar-refractivity contribution in [1.29, 1.82) is 0 Å². The van der Waals surface area contributed by atoms with Crippen LogP contribution < -0.4 is 10.6 Å². The highest BCUT2D eigenvalue weighted by molar-refractivity contribution is 8.01. The van der Waals surface area contributed by atoms with Crippen molar-refractivity contribution in [3.8, 4) is 0 Å². The van der Waals surface area contributed by atoms with Gasteiger partial charge in [0.05, 0.1) is 10.4 Å². The van der Waals surface area contributed by atoms with Crippen LogP contribution in [-0.2, 0) is 9.59 Å². The fourth-order valence-corrected chi connectivity index (χ4v) is 3.32. The number of carbonyl (C=O) groups excluding carboxylic acids is 3. The first-order valence-corrected chi connectivity index (χ1v) is 7.01. The Morgan fingerprint density at radius 1 is 1.45 bits per heavy atom. The third-order valence-corrected chi connectivity index (χ3v) is 4.51. The van der Waals surface area contributed by atoms with E-state index in [0.717, 1.165) is 11.2 Å². The molecule has 1 aromatic carbocycles. The molecule has 0 spiro atoms. The Labute approximate surface area is 121 Å². The number of anilines is 1. The van der Waals surface area contributed by atoms with Crippen LogP contribution in [0.15, 0.2) is 23.1 Å². The van der Waals surface area contributed by atoms with Crippen LogP contribution in [-0.4, -0.2) is 28.9 Å². The van der Waals surface area contributed by atoms with E-state index in [9.17, 15) is 14.4 Å². The van der Waals surface area contributed by atoms with Crippen LogP contribution in [0.1, 0.15) is 31.1 Å². The number of carbonyl (C=O) groups is 3. The van der Waals surface area contributed by atoms with Gasteiger partial charge >= 0.3 is 0 Å². The molecule has 1 aliphatic heterocycles. The summed E-state index contributed by atoms with van der Waals surface area (Å²) in [6, 6.07) is 4.29. The van der Waals surface area contributed by atoms with Crippen LogP contribution in [0.2, 0.25) is 0 Å². The Balaban J connectivity index is 2.60. The molecule has 0 saturated carbocycles.